The average molecular weight is 276 g/mol. The monoisotopic (exact) mass is 276 g/mol. The number of hydrogen-bond donors (Lipinski definition) is 0. The summed E-state index contributed by atoms with van der Waals surface area (Å²) in [4.78, 5) is 0. The molecule has 5 heteroatoms. The van der Waals surface area contributed by atoms with Gasteiger partial charge in [-0.3, -0.25) is 0 Å². The zero-order chi connectivity index (χ0) is 10.9. The smallest absolute Gasteiger partial charge is 0.112 e. The third-order valence-corrected chi connectivity index (χ3v) is 15.3. The fourth-order valence-corrected chi connectivity index (χ4v) is 10.4. The van der Waals surface area contributed by atoms with E-state index >= 15 is 0 Å². The van der Waals surface area contributed by atoms with E-state index in [-0.39, 0.29) is 0 Å². The van der Waals surface area contributed by atoms with Crippen LogP contribution in [0.3, 0.4) is 0 Å². The van der Waals surface area contributed by atoms with Crippen molar-refractivity contribution in [3.8, 4) is 37.0 Å². The van der Waals surface area contributed by atoms with Crippen LogP contribution in [0, 0.1) is 37.0 Å². The molecular weight excluding hydrogens is 267 g/mol. The predicted molar refractivity (Wildman–Crippen MR) is 78.2 cm³/mol. The second-order valence-electron chi connectivity index (χ2n) is 1.88. The molecule has 0 aromatic heterocycles. The van der Waals surface area contributed by atoms with E-state index in [2.05, 4.69) is 17.8 Å². The highest BCUT2D eigenvalue weighted by molar-refractivity contribution is 9.23. The van der Waals surface area contributed by atoms with Crippen LogP contribution in [0.25, 0.3) is 0 Å². The molecule has 0 atom stereocenters. The number of rotatable bonds is 6. The van der Waals surface area contributed by atoms with Gasteiger partial charge in [-0.1, -0.05) is 63.7 Å². The Bertz CT molecular complexity index is 276. The fourth-order valence-electron chi connectivity index (χ4n) is 0.461. The van der Waals surface area contributed by atoms with E-state index in [1.165, 1.54) is 0 Å². The lowest BCUT2D eigenvalue weighted by molar-refractivity contribution is 1.98. The molecule has 0 aliphatic heterocycles. The van der Waals surface area contributed by atoms with Crippen molar-refractivity contribution in [1.29, 1.82) is 0 Å². The molecular formula is C9H9PS4. The maximum atomic E-state index is 5.51. The first-order chi connectivity index (χ1) is 6.68. The van der Waals surface area contributed by atoms with Gasteiger partial charge in [-0.2, -0.15) is 0 Å². The summed E-state index contributed by atoms with van der Waals surface area (Å²) in [6.07, 6.45) is 15.6. The van der Waals surface area contributed by atoms with E-state index in [1.54, 1.807) is 34.1 Å². The van der Waals surface area contributed by atoms with Crippen LogP contribution in [0.15, 0.2) is 0 Å². The van der Waals surface area contributed by atoms with E-state index in [4.69, 9.17) is 31.1 Å². The molecule has 0 aliphatic carbocycles. The molecule has 74 valence electrons. The maximum absolute atomic E-state index is 5.51. The van der Waals surface area contributed by atoms with Crippen molar-refractivity contribution in [1.82, 2.24) is 0 Å². The quantitative estimate of drug-likeness (QED) is 0.539. The van der Waals surface area contributed by atoms with Gasteiger partial charge in [0.15, 0.2) is 0 Å². The van der Waals surface area contributed by atoms with Gasteiger partial charge in [0.05, 0.1) is 17.3 Å². The molecule has 0 saturated heterocycles. The highest BCUT2D eigenvalue weighted by Gasteiger charge is 2.17. The van der Waals surface area contributed by atoms with Gasteiger partial charge in [-0.05, 0) is 0 Å². The van der Waals surface area contributed by atoms with E-state index in [9.17, 15) is 0 Å². The summed E-state index contributed by atoms with van der Waals surface area (Å²) in [5.41, 5.74) is 0. The van der Waals surface area contributed by atoms with Gasteiger partial charge in [-0.25, -0.2) is 0 Å². The normalized spacial score (nSPS) is 9.79. The molecule has 14 heavy (non-hydrogen) atoms. The van der Waals surface area contributed by atoms with Gasteiger partial charge in [-0.15, -0.1) is 19.3 Å². The molecule has 0 unspecified atom stereocenters. The second kappa shape index (κ2) is 8.67. The zero-order valence-corrected chi connectivity index (χ0v) is 11.6. The van der Waals surface area contributed by atoms with Gasteiger partial charge >= 0.3 is 0 Å². The van der Waals surface area contributed by atoms with Crippen LogP contribution in [0.2, 0.25) is 0 Å². The SMILES string of the molecule is C#CCSP(=S)(SCC#C)SCC#C. The van der Waals surface area contributed by atoms with Crippen LogP contribution in [0.4, 0.5) is 0 Å². The van der Waals surface area contributed by atoms with Gasteiger partial charge in [0.2, 0.25) is 0 Å². The molecule has 0 spiro atoms. The summed E-state index contributed by atoms with van der Waals surface area (Å²) >= 11 is 10.4. The first kappa shape index (κ1) is 14.4. The average Bonchev–Trinajstić information content (AvgIpc) is 2.21. The zero-order valence-electron chi connectivity index (χ0n) is 7.43. The van der Waals surface area contributed by atoms with Crippen LogP contribution in [-0.4, -0.2) is 17.3 Å². The van der Waals surface area contributed by atoms with Crippen molar-refractivity contribution in [2.24, 2.45) is 0 Å². The Labute approximate surface area is 103 Å². The predicted octanol–water partition coefficient (Wildman–Crippen LogP) is 3.31. The Morgan fingerprint density at radius 1 is 0.857 bits per heavy atom. The van der Waals surface area contributed by atoms with Gasteiger partial charge in [0, 0.05) is 0 Å². The minimum Gasteiger partial charge on any atom is -0.119 e. The fraction of sp³-hybridized carbons (Fsp3) is 0.333. The van der Waals surface area contributed by atoms with Crippen molar-refractivity contribution in [2.45, 2.75) is 0 Å². The molecule has 0 radical (unpaired) electrons. The van der Waals surface area contributed by atoms with Gasteiger partial charge < -0.3 is 0 Å². The summed E-state index contributed by atoms with van der Waals surface area (Å²) in [7, 11) is 0. The van der Waals surface area contributed by atoms with Gasteiger partial charge in [0.1, 0.15) is 3.64 Å². The Balaban J connectivity index is 4.22. The Morgan fingerprint density at radius 3 is 1.36 bits per heavy atom. The summed E-state index contributed by atoms with van der Waals surface area (Å²) in [5.74, 6) is 9.61. The largest absolute Gasteiger partial charge is 0.119 e. The molecule has 0 heterocycles. The standard InChI is InChI=1S/C9H9PS4/c1-4-7-12-10(11,13-8-5-2)14-9-6-3/h1-3H,7-9H2. The Morgan fingerprint density at radius 2 is 1.14 bits per heavy atom. The molecule has 0 fully saturated rings. The van der Waals surface area contributed by atoms with Crippen molar-refractivity contribution >= 4 is 49.6 Å². The highest BCUT2D eigenvalue weighted by atomic mass is 33.5. The molecule has 0 bridgehead atoms. The molecule has 0 saturated carbocycles. The third kappa shape index (κ3) is 6.78. The van der Waals surface area contributed by atoms with Gasteiger partial charge in [0.25, 0.3) is 0 Å². The maximum Gasteiger partial charge on any atom is 0.112 e. The van der Waals surface area contributed by atoms with Crippen LogP contribution in [0.5, 0.6) is 0 Å². The molecule has 0 amide bonds. The van der Waals surface area contributed by atoms with Crippen LogP contribution < -0.4 is 0 Å². The van der Waals surface area contributed by atoms with Crippen molar-refractivity contribution in [3.05, 3.63) is 0 Å². The molecule has 0 aromatic carbocycles. The lowest BCUT2D eigenvalue weighted by atomic mass is 10.8. The summed E-state index contributed by atoms with van der Waals surface area (Å²) < 4.78 is -1.61. The topological polar surface area (TPSA) is 0 Å². The second-order valence-corrected chi connectivity index (χ2v) is 17.5. The summed E-state index contributed by atoms with van der Waals surface area (Å²) in [6, 6.07) is 0. The summed E-state index contributed by atoms with van der Waals surface area (Å²) in [6.45, 7) is 0. The Kier molecular flexibility index (Phi) is 8.90. The highest BCUT2D eigenvalue weighted by Crippen LogP contribution is 2.77. The van der Waals surface area contributed by atoms with Crippen molar-refractivity contribution in [3.63, 3.8) is 0 Å². The molecule has 0 rings (SSSR count). The van der Waals surface area contributed by atoms with E-state index < -0.39 is 3.64 Å². The molecule has 0 aromatic rings. The third-order valence-electron chi connectivity index (χ3n) is 0.918. The molecule has 0 aliphatic rings. The van der Waals surface area contributed by atoms with Crippen molar-refractivity contribution < 1.29 is 0 Å². The first-order valence-electron chi connectivity index (χ1n) is 3.52. The number of terminal acetylenes is 3. The minimum absolute atomic E-state index is 0.631. The van der Waals surface area contributed by atoms with Crippen LogP contribution in [-0.2, 0) is 11.8 Å². The Hall–Kier alpha value is 0.380. The van der Waals surface area contributed by atoms with E-state index in [0.717, 1.165) is 0 Å². The van der Waals surface area contributed by atoms with Crippen LogP contribution in [0.1, 0.15) is 0 Å². The lowest BCUT2D eigenvalue weighted by Gasteiger charge is -2.16. The number of hydrogen-bond acceptors (Lipinski definition) is 4. The summed E-state index contributed by atoms with van der Waals surface area (Å²) in [5, 5.41) is 0. The molecule has 0 nitrogen and oxygen atoms in total. The van der Waals surface area contributed by atoms with E-state index in [0.29, 0.717) is 17.3 Å². The minimum atomic E-state index is -1.61. The van der Waals surface area contributed by atoms with Crippen LogP contribution >= 0.6 is 37.8 Å². The van der Waals surface area contributed by atoms with E-state index in [1.807, 2.05) is 0 Å². The van der Waals surface area contributed by atoms with Crippen molar-refractivity contribution in [2.75, 3.05) is 17.3 Å². The molecule has 0 N–H and O–H groups in total. The lowest BCUT2D eigenvalue weighted by Crippen LogP contribution is -1.75. The first-order valence-corrected chi connectivity index (χ1v) is 11.1.